The van der Waals surface area contributed by atoms with Crippen molar-refractivity contribution in [2.45, 2.75) is 30.7 Å². The fraction of sp³-hybridized carbons (Fsp3) is 0.438. The van der Waals surface area contributed by atoms with Crippen LogP contribution in [-0.4, -0.2) is 64.8 Å². The van der Waals surface area contributed by atoms with E-state index in [1.807, 2.05) is 0 Å². The van der Waals surface area contributed by atoms with Crippen molar-refractivity contribution in [2.24, 2.45) is 0 Å². The maximum atomic E-state index is 11.4. The number of aliphatic hydroxyl groups is 4. The van der Waals surface area contributed by atoms with Gasteiger partial charge in [0.05, 0.1) is 13.7 Å². The first-order valence-corrected chi connectivity index (χ1v) is 7.54. The summed E-state index contributed by atoms with van der Waals surface area (Å²) in [5.74, 6) is 0.195. The molecule has 4 N–H and O–H groups in total. The maximum Gasteiger partial charge on any atom is 0.336 e. The van der Waals surface area contributed by atoms with Crippen molar-refractivity contribution in [3.8, 4) is 11.5 Å². The van der Waals surface area contributed by atoms with Crippen LogP contribution in [0.5, 0.6) is 11.5 Å². The average molecular weight is 354 g/mol. The van der Waals surface area contributed by atoms with Crippen LogP contribution in [-0.2, 0) is 4.74 Å². The lowest BCUT2D eigenvalue weighted by Gasteiger charge is -2.39. The molecule has 1 aromatic heterocycles. The van der Waals surface area contributed by atoms with Crippen molar-refractivity contribution >= 4 is 11.0 Å². The van der Waals surface area contributed by atoms with E-state index in [1.54, 1.807) is 12.1 Å². The number of rotatable bonds is 4. The second-order valence-electron chi connectivity index (χ2n) is 5.58. The van der Waals surface area contributed by atoms with Crippen molar-refractivity contribution in [2.75, 3.05) is 13.7 Å². The molecular formula is C16H18O9. The van der Waals surface area contributed by atoms with Gasteiger partial charge in [-0.05, 0) is 18.2 Å². The van der Waals surface area contributed by atoms with Crippen LogP contribution < -0.4 is 15.1 Å². The van der Waals surface area contributed by atoms with Gasteiger partial charge in [0, 0.05) is 11.5 Å². The lowest BCUT2D eigenvalue weighted by Crippen LogP contribution is -2.60. The fourth-order valence-corrected chi connectivity index (χ4v) is 2.66. The molecule has 25 heavy (non-hydrogen) atoms. The molecule has 136 valence electrons. The van der Waals surface area contributed by atoms with Crippen LogP contribution in [0, 0.1) is 0 Å². The quantitative estimate of drug-likeness (QED) is 0.508. The minimum absolute atomic E-state index is 0.0914. The van der Waals surface area contributed by atoms with Crippen LogP contribution in [0.4, 0.5) is 0 Å². The van der Waals surface area contributed by atoms with Crippen molar-refractivity contribution in [3.63, 3.8) is 0 Å². The minimum Gasteiger partial charge on any atom is -0.490 e. The Labute approximate surface area is 141 Å². The first kappa shape index (κ1) is 17.6. The summed E-state index contributed by atoms with van der Waals surface area (Å²) in [4.78, 5) is 11.4. The van der Waals surface area contributed by atoms with Crippen LogP contribution in [0.3, 0.4) is 0 Å². The number of hydrogen-bond donors (Lipinski definition) is 4. The number of ether oxygens (including phenoxy) is 3. The van der Waals surface area contributed by atoms with Crippen molar-refractivity contribution in [1.29, 1.82) is 0 Å². The molecule has 0 saturated carbocycles. The summed E-state index contributed by atoms with van der Waals surface area (Å²) in [6.45, 7) is -0.575. The summed E-state index contributed by atoms with van der Waals surface area (Å²) in [5, 5.41) is 39.5. The van der Waals surface area contributed by atoms with Crippen LogP contribution in [0.15, 0.2) is 33.5 Å². The summed E-state index contributed by atoms with van der Waals surface area (Å²) >= 11 is 0. The second kappa shape index (κ2) is 6.98. The number of aliphatic hydroxyl groups excluding tert-OH is 4. The molecule has 0 radical (unpaired) electrons. The highest BCUT2D eigenvalue weighted by Gasteiger charge is 2.45. The van der Waals surface area contributed by atoms with E-state index in [0.29, 0.717) is 5.39 Å². The molecule has 1 fully saturated rings. The predicted molar refractivity (Wildman–Crippen MR) is 83.4 cm³/mol. The fourth-order valence-electron chi connectivity index (χ4n) is 2.66. The van der Waals surface area contributed by atoms with Gasteiger partial charge in [0.15, 0.2) is 11.3 Å². The van der Waals surface area contributed by atoms with Gasteiger partial charge < -0.3 is 39.1 Å². The first-order chi connectivity index (χ1) is 12.0. The first-order valence-electron chi connectivity index (χ1n) is 7.54. The Kier molecular flexibility index (Phi) is 4.93. The standard InChI is InChI=1S/C16H18O9/c1-22-15-8(4-2-7-3-5-10(18)25-14(7)15)23-16-13(21)12(20)11(19)9(6-17)24-16/h2-5,9,11-13,16-17,19-21H,6H2,1H3. The van der Waals surface area contributed by atoms with Crippen LogP contribution in [0.1, 0.15) is 0 Å². The molecule has 1 aromatic carbocycles. The topological polar surface area (TPSA) is 139 Å². The Morgan fingerprint density at radius 1 is 1.08 bits per heavy atom. The van der Waals surface area contributed by atoms with Gasteiger partial charge in [0.25, 0.3) is 0 Å². The third kappa shape index (κ3) is 3.20. The lowest BCUT2D eigenvalue weighted by atomic mass is 9.99. The third-order valence-corrected chi connectivity index (χ3v) is 4.00. The zero-order valence-corrected chi connectivity index (χ0v) is 13.2. The number of fused-ring (bicyclic) bond motifs is 1. The smallest absolute Gasteiger partial charge is 0.336 e. The molecule has 0 spiro atoms. The molecule has 9 heteroatoms. The summed E-state index contributed by atoms with van der Waals surface area (Å²) in [6, 6.07) is 5.95. The molecule has 2 heterocycles. The molecule has 1 aliphatic rings. The number of methoxy groups -OCH3 is 1. The Morgan fingerprint density at radius 2 is 1.80 bits per heavy atom. The highest BCUT2D eigenvalue weighted by Crippen LogP contribution is 2.36. The summed E-state index contributed by atoms with van der Waals surface area (Å²) < 4.78 is 21.2. The molecule has 0 bridgehead atoms. The monoisotopic (exact) mass is 354 g/mol. The van der Waals surface area contributed by atoms with E-state index in [1.165, 1.54) is 19.2 Å². The highest BCUT2D eigenvalue weighted by molar-refractivity contribution is 5.85. The van der Waals surface area contributed by atoms with Gasteiger partial charge in [-0.2, -0.15) is 0 Å². The van der Waals surface area contributed by atoms with Gasteiger partial charge >= 0.3 is 5.63 Å². The van der Waals surface area contributed by atoms with E-state index in [9.17, 15) is 25.2 Å². The molecule has 5 atom stereocenters. The molecule has 3 rings (SSSR count). The minimum atomic E-state index is -1.57. The molecule has 0 aliphatic carbocycles. The number of benzene rings is 1. The normalized spacial score (nSPS) is 29.6. The number of hydrogen-bond acceptors (Lipinski definition) is 9. The van der Waals surface area contributed by atoms with E-state index in [4.69, 9.17) is 18.6 Å². The molecule has 2 aromatic rings. The SMILES string of the molecule is COc1c(OC2OC(CO)C(O)C(O)C2O)ccc2ccc(=O)oc12. The summed E-state index contributed by atoms with van der Waals surface area (Å²) in [6.07, 6.45) is -7.11. The van der Waals surface area contributed by atoms with E-state index in [2.05, 4.69) is 0 Å². The summed E-state index contributed by atoms with van der Waals surface area (Å²) in [5.41, 5.74) is -0.423. The zero-order chi connectivity index (χ0) is 18.1. The third-order valence-electron chi connectivity index (χ3n) is 4.00. The van der Waals surface area contributed by atoms with E-state index in [-0.39, 0.29) is 17.1 Å². The van der Waals surface area contributed by atoms with Gasteiger partial charge in [-0.1, -0.05) is 0 Å². The van der Waals surface area contributed by atoms with Gasteiger partial charge in [0.2, 0.25) is 12.0 Å². The van der Waals surface area contributed by atoms with E-state index < -0.39 is 42.9 Å². The molecule has 1 saturated heterocycles. The largest absolute Gasteiger partial charge is 0.490 e. The Morgan fingerprint density at radius 3 is 2.48 bits per heavy atom. The van der Waals surface area contributed by atoms with Crippen LogP contribution in [0.2, 0.25) is 0 Å². The Balaban J connectivity index is 1.95. The van der Waals surface area contributed by atoms with Crippen molar-refractivity contribution in [1.82, 2.24) is 0 Å². The van der Waals surface area contributed by atoms with Gasteiger partial charge in [-0.15, -0.1) is 0 Å². The summed E-state index contributed by atoms with van der Waals surface area (Å²) in [7, 11) is 1.35. The van der Waals surface area contributed by atoms with Crippen LogP contribution >= 0.6 is 0 Å². The van der Waals surface area contributed by atoms with Gasteiger partial charge in [-0.3, -0.25) is 0 Å². The predicted octanol–water partition coefficient (Wildman–Crippen LogP) is -1.02. The molecule has 0 amide bonds. The Bertz CT molecular complexity index is 800. The van der Waals surface area contributed by atoms with Crippen molar-refractivity contribution < 1.29 is 39.1 Å². The molecule has 5 unspecified atom stereocenters. The lowest BCUT2D eigenvalue weighted by molar-refractivity contribution is -0.277. The maximum absolute atomic E-state index is 11.4. The van der Waals surface area contributed by atoms with E-state index >= 15 is 0 Å². The van der Waals surface area contributed by atoms with E-state index in [0.717, 1.165) is 0 Å². The molecule has 1 aliphatic heterocycles. The second-order valence-corrected chi connectivity index (χ2v) is 5.58. The van der Waals surface area contributed by atoms with Gasteiger partial charge in [-0.25, -0.2) is 4.79 Å². The highest BCUT2D eigenvalue weighted by atomic mass is 16.7. The van der Waals surface area contributed by atoms with Crippen molar-refractivity contribution in [3.05, 3.63) is 34.7 Å². The van der Waals surface area contributed by atoms with Crippen LogP contribution in [0.25, 0.3) is 11.0 Å². The molecule has 9 nitrogen and oxygen atoms in total. The zero-order valence-electron chi connectivity index (χ0n) is 13.2. The van der Waals surface area contributed by atoms with Gasteiger partial charge in [0.1, 0.15) is 24.4 Å². The average Bonchev–Trinajstić information content (AvgIpc) is 2.61. The Hall–Kier alpha value is -2.17. The molecular weight excluding hydrogens is 336 g/mol.